The molecule has 0 saturated carbocycles. The lowest BCUT2D eigenvalue weighted by atomic mass is 10.1. The van der Waals surface area contributed by atoms with Crippen LogP contribution < -0.4 is 5.32 Å². The van der Waals surface area contributed by atoms with E-state index in [9.17, 15) is 4.79 Å². The number of nitrogens with zero attached hydrogens (tertiary/aromatic N) is 1. The maximum atomic E-state index is 11.7. The Labute approximate surface area is 92.0 Å². The van der Waals surface area contributed by atoms with Gasteiger partial charge in [-0.3, -0.25) is 4.79 Å². The van der Waals surface area contributed by atoms with Gasteiger partial charge in [0, 0.05) is 38.6 Å². The van der Waals surface area contributed by atoms with Crippen LogP contribution in [0.5, 0.6) is 0 Å². The molecule has 4 nitrogen and oxygen atoms in total. The average molecular weight is 214 g/mol. The van der Waals surface area contributed by atoms with E-state index in [1.807, 2.05) is 18.9 Å². The van der Waals surface area contributed by atoms with Crippen molar-refractivity contribution in [3.05, 3.63) is 0 Å². The van der Waals surface area contributed by atoms with Crippen LogP contribution in [0.2, 0.25) is 0 Å². The van der Waals surface area contributed by atoms with E-state index in [2.05, 4.69) is 5.32 Å². The summed E-state index contributed by atoms with van der Waals surface area (Å²) in [5.74, 6) is 0.812. The van der Waals surface area contributed by atoms with Crippen LogP contribution in [0.25, 0.3) is 0 Å². The van der Waals surface area contributed by atoms with Crippen molar-refractivity contribution in [1.29, 1.82) is 0 Å². The van der Waals surface area contributed by atoms with Gasteiger partial charge >= 0.3 is 0 Å². The molecule has 1 aliphatic heterocycles. The standard InChI is InChI=1S/C11H22N2O2/c1-3-15-9-10-5-7-13(8-10)11(14)4-6-12-2/h10,12H,3-9H2,1-2H3. The molecule has 1 atom stereocenters. The summed E-state index contributed by atoms with van der Waals surface area (Å²) in [7, 11) is 1.87. The van der Waals surface area contributed by atoms with Gasteiger partial charge in [-0.15, -0.1) is 0 Å². The number of rotatable bonds is 6. The van der Waals surface area contributed by atoms with E-state index in [1.54, 1.807) is 0 Å². The van der Waals surface area contributed by atoms with Crippen molar-refractivity contribution >= 4 is 5.91 Å². The fraction of sp³-hybridized carbons (Fsp3) is 0.909. The van der Waals surface area contributed by atoms with Gasteiger partial charge in [0.1, 0.15) is 0 Å². The Morgan fingerprint density at radius 1 is 1.60 bits per heavy atom. The van der Waals surface area contributed by atoms with Crippen LogP contribution >= 0.6 is 0 Å². The van der Waals surface area contributed by atoms with E-state index in [4.69, 9.17) is 4.74 Å². The van der Waals surface area contributed by atoms with Crippen molar-refractivity contribution in [3.63, 3.8) is 0 Å². The summed E-state index contributed by atoms with van der Waals surface area (Å²) in [5, 5.41) is 3.00. The fourth-order valence-corrected chi connectivity index (χ4v) is 1.87. The van der Waals surface area contributed by atoms with Gasteiger partial charge in [0.05, 0.1) is 6.61 Å². The second-order valence-electron chi connectivity index (χ2n) is 4.01. The number of amides is 1. The highest BCUT2D eigenvalue weighted by atomic mass is 16.5. The highest BCUT2D eigenvalue weighted by Crippen LogP contribution is 2.17. The van der Waals surface area contributed by atoms with E-state index < -0.39 is 0 Å². The van der Waals surface area contributed by atoms with Crippen LogP contribution in [0.15, 0.2) is 0 Å². The number of carbonyl (C=O) groups excluding carboxylic acids is 1. The Hall–Kier alpha value is -0.610. The molecule has 4 heteroatoms. The topological polar surface area (TPSA) is 41.6 Å². The first-order valence-corrected chi connectivity index (χ1v) is 5.78. The predicted molar refractivity (Wildman–Crippen MR) is 59.7 cm³/mol. The summed E-state index contributed by atoms with van der Waals surface area (Å²) in [6.45, 7) is 6.12. The molecule has 15 heavy (non-hydrogen) atoms. The third kappa shape index (κ3) is 4.18. The minimum Gasteiger partial charge on any atom is -0.381 e. The monoisotopic (exact) mass is 214 g/mol. The Morgan fingerprint density at radius 2 is 2.40 bits per heavy atom. The SMILES string of the molecule is CCOCC1CCN(C(=O)CCNC)C1. The van der Waals surface area contributed by atoms with Gasteiger partial charge in [-0.25, -0.2) is 0 Å². The molecular weight excluding hydrogens is 192 g/mol. The summed E-state index contributed by atoms with van der Waals surface area (Å²) in [6, 6.07) is 0. The molecule has 0 bridgehead atoms. The second-order valence-corrected chi connectivity index (χ2v) is 4.01. The smallest absolute Gasteiger partial charge is 0.223 e. The Bertz CT molecular complexity index is 197. The van der Waals surface area contributed by atoms with E-state index in [0.717, 1.165) is 39.3 Å². The van der Waals surface area contributed by atoms with E-state index in [1.165, 1.54) is 0 Å². The van der Waals surface area contributed by atoms with Crippen LogP contribution in [0.3, 0.4) is 0 Å². The first-order chi connectivity index (χ1) is 7.27. The van der Waals surface area contributed by atoms with Crippen LogP contribution in [0.4, 0.5) is 0 Å². The third-order valence-corrected chi connectivity index (χ3v) is 2.79. The van der Waals surface area contributed by atoms with Gasteiger partial charge in [0.25, 0.3) is 0 Å². The predicted octanol–water partition coefficient (Wildman–Crippen LogP) is 0.481. The number of hydrogen-bond donors (Lipinski definition) is 1. The minimum absolute atomic E-state index is 0.267. The van der Waals surface area contributed by atoms with Crippen LogP contribution in [-0.4, -0.2) is 50.7 Å². The third-order valence-electron chi connectivity index (χ3n) is 2.79. The summed E-state index contributed by atoms with van der Waals surface area (Å²) in [6.07, 6.45) is 1.70. The molecule has 1 unspecified atom stereocenters. The van der Waals surface area contributed by atoms with Gasteiger partial charge < -0.3 is 15.0 Å². The summed E-state index contributed by atoms with van der Waals surface area (Å²) < 4.78 is 5.38. The van der Waals surface area contributed by atoms with Crippen molar-refractivity contribution in [2.45, 2.75) is 19.8 Å². The molecule has 1 aliphatic rings. The Kier molecular flexibility index (Phi) is 5.65. The fourth-order valence-electron chi connectivity index (χ4n) is 1.87. The molecule has 88 valence electrons. The van der Waals surface area contributed by atoms with Gasteiger partial charge in [-0.2, -0.15) is 0 Å². The first kappa shape index (κ1) is 12.5. The van der Waals surface area contributed by atoms with Crippen molar-refractivity contribution in [2.24, 2.45) is 5.92 Å². The van der Waals surface area contributed by atoms with Crippen molar-refractivity contribution in [2.75, 3.05) is 39.9 Å². The molecule has 1 N–H and O–H groups in total. The van der Waals surface area contributed by atoms with Gasteiger partial charge in [-0.05, 0) is 20.4 Å². The minimum atomic E-state index is 0.267. The number of ether oxygens (including phenoxy) is 1. The van der Waals surface area contributed by atoms with Crippen LogP contribution in [0.1, 0.15) is 19.8 Å². The summed E-state index contributed by atoms with van der Waals surface area (Å²) in [4.78, 5) is 13.6. The molecule has 1 fully saturated rings. The maximum Gasteiger partial charge on any atom is 0.223 e. The molecular formula is C11H22N2O2. The Balaban J connectivity index is 2.20. The highest BCUT2D eigenvalue weighted by molar-refractivity contribution is 5.76. The molecule has 0 spiro atoms. The number of hydrogen-bond acceptors (Lipinski definition) is 3. The normalized spacial score (nSPS) is 20.9. The van der Waals surface area contributed by atoms with Crippen molar-refractivity contribution in [1.82, 2.24) is 10.2 Å². The van der Waals surface area contributed by atoms with Crippen molar-refractivity contribution in [3.8, 4) is 0 Å². The zero-order chi connectivity index (χ0) is 11.1. The first-order valence-electron chi connectivity index (χ1n) is 5.78. The van der Waals surface area contributed by atoms with Crippen molar-refractivity contribution < 1.29 is 9.53 Å². The molecule has 0 aliphatic carbocycles. The molecule has 1 heterocycles. The van der Waals surface area contributed by atoms with E-state index in [-0.39, 0.29) is 5.91 Å². The molecule has 1 rings (SSSR count). The second kappa shape index (κ2) is 6.80. The van der Waals surface area contributed by atoms with E-state index in [0.29, 0.717) is 12.3 Å². The zero-order valence-electron chi connectivity index (χ0n) is 9.79. The average Bonchev–Trinajstić information content (AvgIpc) is 2.71. The van der Waals surface area contributed by atoms with Crippen LogP contribution in [0, 0.1) is 5.92 Å². The molecule has 1 amide bonds. The lowest BCUT2D eigenvalue weighted by Gasteiger charge is -2.16. The lowest BCUT2D eigenvalue weighted by molar-refractivity contribution is -0.130. The Morgan fingerprint density at radius 3 is 3.07 bits per heavy atom. The highest BCUT2D eigenvalue weighted by Gasteiger charge is 2.25. The quantitative estimate of drug-likeness (QED) is 0.699. The molecule has 1 saturated heterocycles. The molecule has 0 radical (unpaired) electrons. The zero-order valence-corrected chi connectivity index (χ0v) is 9.79. The summed E-state index contributed by atoms with van der Waals surface area (Å²) in [5.41, 5.74) is 0. The van der Waals surface area contributed by atoms with Gasteiger partial charge in [-0.1, -0.05) is 0 Å². The number of nitrogens with one attached hydrogen (secondary N) is 1. The van der Waals surface area contributed by atoms with Gasteiger partial charge in [0.2, 0.25) is 5.91 Å². The van der Waals surface area contributed by atoms with E-state index >= 15 is 0 Å². The maximum absolute atomic E-state index is 11.7. The lowest BCUT2D eigenvalue weighted by Crippen LogP contribution is -2.31. The largest absolute Gasteiger partial charge is 0.381 e. The molecule has 0 aromatic heterocycles. The van der Waals surface area contributed by atoms with Crippen LogP contribution in [-0.2, 0) is 9.53 Å². The number of likely N-dealkylation sites (tertiary alicyclic amines) is 1. The molecule has 0 aromatic rings. The molecule has 0 aromatic carbocycles. The number of carbonyl (C=O) groups is 1. The summed E-state index contributed by atoms with van der Waals surface area (Å²) >= 11 is 0. The van der Waals surface area contributed by atoms with Gasteiger partial charge in [0.15, 0.2) is 0 Å².